The van der Waals surface area contributed by atoms with E-state index >= 15 is 0 Å². The molecule has 3 nitrogen and oxygen atoms in total. The summed E-state index contributed by atoms with van der Waals surface area (Å²) in [7, 11) is 0. The molecule has 3 heteroatoms. The molecule has 2 N–H and O–H groups in total. The Hall–Kier alpha value is -0.670. The van der Waals surface area contributed by atoms with E-state index in [9.17, 15) is 15.0 Å². The van der Waals surface area contributed by atoms with Crippen molar-refractivity contribution >= 4 is 5.78 Å². The molecule has 1 saturated carbocycles. The number of hydrogen-bond donors (Lipinski definition) is 2. The highest BCUT2D eigenvalue weighted by molar-refractivity contribution is 5.86. The highest BCUT2D eigenvalue weighted by Crippen LogP contribution is 2.48. The van der Waals surface area contributed by atoms with Crippen LogP contribution in [0.4, 0.5) is 0 Å². The van der Waals surface area contributed by atoms with Gasteiger partial charge in [0, 0.05) is 0 Å². The zero-order valence-electron chi connectivity index (χ0n) is 9.07. The van der Waals surface area contributed by atoms with Crippen LogP contribution in [-0.2, 0) is 4.79 Å². The number of carbonyl (C=O) groups is 1. The number of allylic oxidation sites excluding steroid dienone is 1. The van der Waals surface area contributed by atoms with Crippen LogP contribution < -0.4 is 0 Å². The summed E-state index contributed by atoms with van der Waals surface area (Å²) in [4.78, 5) is 11.8. The van der Waals surface area contributed by atoms with Crippen LogP contribution in [0.25, 0.3) is 0 Å². The predicted molar refractivity (Wildman–Crippen MR) is 56.3 cm³/mol. The minimum Gasteiger partial charge on any atom is -0.390 e. The molecule has 0 aromatic carbocycles. The number of aliphatic hydroxyl groups excluding tert-OH is 2. The van der Waals surface area contributed by atoms with Crippen molar-refractivity contribution in [1.82, 2.24) is 0 Å². The van der Waals surface area contributed by atoms with E-state index in [4.69, 9.17) is 0 Å². The molecule has 3 atom stereocenters. The van der Waals surface area contributed by atoms with Gasteiger partial charge in [-0.25, -0.2) is 0 Å². The van der Waals surface area contributed by atoms with Crippen LogP contribution in [0.5, 0.6) is 0 Å². The average molecular weight is 210 g/mol. The van der Waals surface area contributed by atoms with Gasteiger partial charge in [0.1, 0.15) is 5.78 Å². The third-order valence-electron chi connectivity index (χ3n) is 3.91. The molecule has 0 aliphatic heterocycles. The molecule has 2 aliphatic carbocycles. The standard InChI is InChI=1S/C12H18O3/c1-8(13)12-5-3-2-4-9(12)6-10(14)11(15)7-12/h6,10-11,14-15H,2-5,7H2,1H3/t10?,11?,12-/m0/s1. The van der Waals surface area contributed by atoms with E-state index in [1.165, 1.54) is 0 Å². The lowest BCUT2D eigenvalue weighted by molar-refractivity contribution is -0.129. The van der Waals surface area contributed by atoms with Crippen molar-refractivity contribution in [3.63, 3.8) is 0 Å². The van der Waals surface area contributed by atoms with Gasteiger partial charge >= 0.3 is 0 Å². The van der Waals surface area contributed by atoms with Crippen LogP contribution in [0, 0.1) is 5.41 Å². The monoisotopic (exact) mass is 210 g/mol. The van der Waals surface area contributed by atoms with Gasteiger partial charge < -0.3 is 10.2 Å². The van der Waals surface area contributed by atoms with Gasteiger partial charge in [-0.1, -0.05) is 18.1 Å². The Morgan fingerprint density at radius 2 is 2.20 bits per heavy atom. The third-order valence-corrected chi connectivity index (χ3v) is 3.91. The Morgan fingerprint density at radius 1 is 1.47 bits per heavy atom. The fourth-order valence-corrected chi connectivity index (χ4v) is 2.96. The molecule has 0 spiro atoms. The molecule has 2 aliphatic rings. The molecule has 1 fully saturated rings. The molecule has 84 valence electrons. The second-order valence-corrected chi connectivity index (χ2v) is 4.80. The maximum atomic E-state index is 11.8. The van der Waals surface area contributed by atoms with E-state index < -0.39 is 17.6 Å². The summed E-state index contributed by atoms with van der Waals surface area (Å²) >= 11 is 0. The first-order valence-corrected chi connectivity index (χ1v) is 5.64. The van der Waals surface area contributed by atoms with Gasteiger partial charge in [-0.05, 0) is 32.6 Å². The van der Waals surface area contributed by atoms with Crippen LogP contribution in [-0.4, -0.2) is 28.2 Å². The number of hydrogen-bond acceptors (Lipinski definition) is 3. The Balaban J connectivity index is 2.39. The van der Waals surface area contributed by atoms with Crippen LogP contribution in [0.2, 0.25) is 0 Å². The molecule has 0 saturated heterocycles. The maximum Gasteiger partial charge on any atom is 0.140 e. The topological polar surface area (TPSA) is 57.5 Å². The maximum absolute atomic E-state index is 11.8. The van der Waals surface area contributed by atoms with Crippen molar-refractivity contribution in [2.75, 3.05) is 0 Å². The van der Waals surface area contributed by atoms with Gasteiger partial charge in [0.25, 0.3) is 0 Å². The van der Waals surface area contributed by atoms with Crippen LogP contribution in [0.1, 0.15) is 39.0 Å². The lowest BCUT2D eigenvalue weighted by Gasteiger charge is -2.43. The highest BCUT2D eigenvalue weighted by atomic mass is 16.3. The van der Waals surface area contributed by atoms with Gasteiger partial charge in [0.15, 0.2) is 0 Å². The lowest BCUT2D eigenvalue weighted by atomic mass is 9.62. The predicted octanol–water partition coefficient (Wildman–Crippen LogP) is 1.19. The second-order valence-electron chi connectivity index (χ2n) is 4.80. The first-order chi connectivity index (χ1) is 7.06. The van der Waals surface area contributed by atoms with Gasteiger partial charge in [0.05, 0.1) is 17.6 Å². The fraction of sp³-hybridized carbons (Fsp3) is 0.750. The third kappa shape index (κ3) is 1.64. The molecule has 0 aromatic heterocycles. The summed E-state index contributed by atoms with van der Waals surface area (Å²) in [5, 5.41) is 19.3. The molecule has 0 amide bonds. The van der Waals surface area contributed by atoms with Gasteiger partial charge in [-0.2, -0.15) is 0 Å². The molecule has 0 bridgehead atoms. The summed E-state index contributed by atoms with van der Waals surface area (Å²) in [5.41, 5.74) is 0.593. The van der Waals surface area contributed by atoms with E-state index in [1.54, 1.807) is 13.0 Å². The van der Waals surface area contributed by atoms with E-state index in [2.05, 4.69) is 0 Å². The molecule has 2 unspecified atom stereocenters. The van der Waals surface area contributed by atoms with Crippen molar-refractivity contribution in [1.29, 1.82) is 0 Å². The molecule has 0 aromatic rings. The van der Waals surface area contributed by atoms with Crippen molar-refractivity contribution in [3.8, 4) is 0 Å². The zero-order valence-corrected chi connectivity index (χ0v) is 9.07. The molecule has 0 radical (unpaired) electrons. The Morgan fingerprint density at radius 3 is 2.87 bits per heavy atom. The first-order valence-electron chi connectivity index (χ1n) is 5.64. The van der Waals surface area contributed by atoms with E-state index in [1.807, 2.05) is 0 Å². The fourth-order valence-electron chi connectivity index (χ4n) is 2.96. The van der Waals surface area contributed by atoms with E-state index in [0.29, 0.717) is 6.42 Å². The summed E-state index contributed by atoms with van der Waals surface area (Å²) in [6.45, 7) is 1.60. The highest BCUT2D eigenvalue weighted by Gasteiger charge is 2.46. The van der Waals surface area contributed by atoms with E-state index in [0.717, 1.165) is 31.3 Å². The number of rotatable bonds is 1. The Labute approximate surface area is 89.8 Å². The van der Waals surface area contributed by atoms with Gasteiger partial charge in [-0.15, -0.1) is 0 Å². The number of carbonyl (C=O) groups excluding carboxylic acids is 1. The number of ketones is 1. The van der Waals surface area contributed by atoms with Crippen molar-refractivity contribution in [3.05, 3.63) is 11.6 Å². The zero-order chi connectivity index (χ0) is 11.1. The van der Waals surface area contributed by atoms with Gasteiger partial charge in [-0.3, -0.25) is 4.79 Å². The molecule has 0 heterocycles. The van der Waals surface area contributed by atoms with Crippen molar-refractivity contribution in [2.45, 2.75) is 51.2 Å². The minimum atomic E-state index is -0.787. The number of aliphatic hydroxyl groups is 2. The summed E-state index contributed by atoms with van der Waals surface area (Å²) in [6, 6.07) is 0. The smallest absolute Gasteiger partial charge is 0.140 e. The molecule has 15 heavy (non-hydrogen) atoms. The van der Waals surface area contributed by atoms with Gasteiger partial charge in [0.2, 0.25) is 0 Å². The molecular formula is C12H18O3. The average Bonchev–Trinajstić information content (AvgIpc) is 2.19. The van der Waals surface area contributed by atoms with E-state index in [-0.39, 0.29) is 5.78 Å². The summed E-state index contributed by atoms with van der Waals surface area (Å²) in [6.07, 6.45) is 4.38. The largest absolute Gasteiger partial charge is 0.390 e. The number of fused-ring (bicyclic) bond motifs is 1. The molecule has 2 rings (SSSR count). The first kappa shape index (κ1) is 10.8. The van der Waals surface area contributed by atoms with Crippen LogP contribution in [0.3, 0.4) is 0 Å². The Bertz CT molecular complexity index is 308. The lowest BCUT2D eigenvalue weighted by Crippen LogP contribution is -2.44. The Kier molecular flexibility index (Phi) is 2.69. The normalized spacial score (nSPS) is 40.6. The number of Topliss-reactive ketones (excluding diaryl/α,β-unsaturated/α-hetero) is 1. The minimum absolute atomic E-state index is 0.138. The summed E-state index contributed by atoms with van der Waals surface area (Å²) in [5.74, 6) is 0.138. The summed E-state index contributed by atoms with van der Waals surface area (Å²) < 4.78 is 0. The molecular weight excluding hydrogens is 192 g/mol. The quantitative estimate of drug-likeness (QED) is 0.639. The SMILES string of the molecule is CC(=O)[C@@]12CCCCC1=CC(O)C(O)C2. The van der Waals surface area contributed by atoms with Crippen molar-refractivity contribution in [2.24, 2.45) is 5.41 Å². The van der Waals surface area contributed by atoms with Crippen LogP contribution >= 0.6 is 0 Å². The van der Waals surface area contributed by atoms with Crippen molar-refractivity contribution < 1.29 is 15.0 Å². The second kappa shape index (κ2) is 3.72. The van der Waals surface area contributed by atoms with Crippen LogP contribution in [0.15, 0.2) is 11.6 Å².